The molecular weight excluding hydrogens is 290 g/mol. The molecule has 1 aromatic carbocycles. The van der Waals surface area contributed by atoms with E-state index in [1.165, 1.54) is 11.0 Å². The quantitative estimate of drug-likeness (QED) is 0.430. The van der Waals surface area contributed by atoms with E-state index in [1.807, 2.05) is 0 Å². The third kappa shape index (κ3) is 5.78. The van der Waals surface area contributed by atoms with E-state index in [4.69, 9.17) is 5.11 Å². The fourth-order valence-corrected chi connectivity index (χ4v) is 1.86. The second-order valence-corrected chi connectivity index (χ2v) is 4.79. The first-order valence-corrected chi connectivity index (χ1v) is 6.85. The molecule has 0 heterocycles. The van der Waals surface area contributed by atoms with E-state index in [0.29, 0.717) is 24.9 Å². The second kappa shape index (κ2) is 8.60. The van der Waals surface area contributed by atoms with E-state index < -0.39 is 10.9 Å². The summed E-state index contributed by atoms with van der Waals surface area (Å²) >= 11 is 0. The van der Waals surface area contributed by atoms with E-state index in [9.17, 15) is 19.7 Å². The van der Waals surface area contributed by atoms with Crippen molar-refractivity contribution in [3.63, 3.8) is 0 Å². The maximum atomic E-state index is 11.8. The Labute approximate surface area is 127 Å². The summed E-state index contributed by atoms with van der Waals surface area (Å²) in [7, 11) is 1.58. The number of carboxylic acid groups (broad SMARTS) is 1. The van der Waals surface area contributed by atoms with Gasteiger partial charge >= 0.3 is 12.0 Å². The molecular formula is C14H19N3O5. The Bertz CT molecular complexity index is 547. The molecule has 22 heavy (non-hydrogen) atoms. The molecule has 0 aliphatic carbocycles. The minimum absolute atomic E-state index is 0.000203. The Morgan fingerprint density at radius 2 is 2.05 bits per heavy atom. The lowest BCUT2D eigenvalue weighted by atomic mass is 10.1. The number of nitrogens with zero attached hydrogens (tertiary/aromatic N) is 2. The number of para-hydroxylation sites is 1. The summed E-state index contributed by atoms with van der Waals surface area (Å²) in [6.07, 6.45) is 0.732. The van der Waals surface area contributed by atoms with Crippen LogP contribution in [0.4, 0.5) is 10.5 Å². The smallest absolute Gasteiger partial charge is 0.317 e. The molecule has 8 heteroatoms. The lowest BCUT2D eigenvalue weighted by Crippen LogP contribution is -2.38. The average molecular weight is 309 g/mol. The number of hydrogen-bond acceptors (Lipinski definition) is 4. The van der Waals surface area contributed by atoms with Crippen LogP contribution in [0, 0.1) is 10.1 Å². The number of nitro groups is 1. The third-order valence-electron chi connectivity index (χ3n) is 3.10. The highest BCUT2D eigenvalue weighted by Gasteiger charge is 2.14. The van der Waals surface area contributed by atoms with E-state index in [2.05, 4.69) is 5.32 Å². The normalized spacial score (nSPS) is 10.0. The summed E-state index contributed by atoms with van der Waals surface area (Å²) in [5, 5.41) is 22.0. The van der Waals surface area contributed by atoms with Crippen LogP contribution in [0.15, 0.2) is 24.3 Å². The predicted molar refractivity (Wildman–Crippen MR) is 79.7 cm³/mol. The number of carbonyl (C=O) groups excluding carboxylic acids is 1. The Morgan fingerprint density at radius 1 is 1.36 bits per heavy atom. The maximum Gasteiger partial charge on any atom is 0.317 e. The summed E-state index contributed by atoms with van der Waals surface area (Å²) in [4.78, 5) is 34.0. The van der Waals surface area contributed by atoms with Gasteiger partial charge in [0.25, 0.3) is 5.69 Å². The number of benzene rings is 1. The molecule has 0 aromatic heterocycles. The highest BCUT2D eigenvalue weighted by Crippen LogP contribution is 2.18. The van der Waals surface area contributed by atoms with Crippen LogP contribution in [0.1, 0.15) is 18.4 Å². The van der Waals surface area contributed by atoms with Crippen LogP contribution in [0.3, 0.4) is 0 Å². The molecule has 0 atom stereocenters. The first kappa shape index (κ1) is 17.4. The summed E-state index contributed by atoms with van der Waals surface area (Å²) in [6, 6.07) is 6.08. The van der Waals surface area contributed by atoms with Gasteiger partial charge in [-0.3, -0.25) is 14.9 Å². The van der Waals surface area contributed by atoms with Gasteiger partial charge < -0.3 is 15.3 Å². The van der Waals surface area contributed by atoms with Crippen molar-refractivity contribution < 1.29 is 19.6 Å². The molecule has 1 rings (SSSR count). The van der Waals surface area contributed by atoms with Crippen LogP contribution in [-0.4, -0.2) is 47.1 Å². The van der Waals surface area contributed by atoms with Gasteiger partial charge in [0, 0.05) is 38.2 Å². The van der Waals surface area contributed by atoms with Crippen molar-refractivity contribution in [3.8, 4) is 0 Å². The monoisotopic (exact) mass is 309 g/mol. The Balaban J connectivity index is 2.42. The predicted octanol–water partition coefficient (Wildman–Crippen LogP) is 1.64. The van der Waals surface area contributed by atoms with Gasteiger partial charge in [0.2, 0.25) is 0 Å². The first-order valence-electron chi connectivity index (χ1n) is 6.85. The summed E-state index contributed by atoms with van der Waals surface area (Å²) < 4.78 is 0. The molecule has 8 nitrogen and oxygen atoms in total. The lowest BCUT2D eigenvalue weighted by Gasteiger charge is -2.17. The van der Waals surface area contributed by atoms with Crippen molar-refractivity contribution in [2.75, 3.05) is 20.1 Å². The van der Waals surface area contributed by atoms with Crippen LogP contribution >= 0.6 is 0 Å². The molecule has 0 saturated carbocycles. The van der Waals surface area contributed by atoms with E-state index in [1.54, 1.807) is 25.2 Å². The molecule has 0 radical (unpaired) electrons. The third-order valence-corrected chi connectivity index (χ3v) is 3.10. The molecule has 2 amide bonds. The van der Waals surface area contributed by atoms with Crippen molar-refractivity contribution in [1.29, 1.82) is 0 Å². The van der Waals surface area contributed by atoms with E-state index in [-0.39, 0.29) is 24.7 Å². The van der Waals surface area contributed by atoms with Crippen LogP contribution < -0.4 is 5.32 Å². The molecule has 2 N–H and O–H groups in total. The zero-order valence-electron chi connectivity index (χ0n) is 12.3. The number of carbonyl (C=O) groups is 2. The van der Waals surface area contributed by atoms with Gasteiger partial charge in [0.15, 0.2) is 0 Å². The minimum atomic E-state index is -0.904. The van der Waals surface area contributed by atoms with Crippen molar-refractivity contribution in [2.45, 2.75) is 19.3 Å². The molecule has 0 aliphatic heterocycles. The van der Waals surface area contributed by atoms with Gasteiger partial charge in [0.05, 0.1) is 4.92 Å². The molecule has 0 aliphatic rings. The molecule has 0 saturated heterocycles. The number of nitrogens with one attached hydrogen (secondary N) is 1. The topological polar surface area (TPSA) is 113 Å². The summed E-state index contributed by atoms with van der Waals surface area (Å²) in [5.74, 6) is -0.904. The van der Waals surface area contributed by atoms with Crippen LogP contribution in [0.5, 0.6) is 0 Å². The van der Waals surface area contributed by atoms with Crippen molar-refractivity contribution >= 4 is 17.7 Å². The highest BCUT2D eigenvalue weighted by molar-refractivity contribution is 5.74. The highest BCUT2D eigenvalue weighted by atomic mass is 16.6. The number of likely N-dealkylation sites (N-methyl/N-ethyl adjacent to an activating group) is 1. The zero-order chi connectivity index (χ0) is 16.5. The van der Waals surface area contributed by atoms with E-state index >= 15 is 0 Å². The Morgan fingerprint density at radius 3 is 2.68 bits per heavy atom. The Hall–Kier alpha value is -2.64. The van der Waals surface area contributed by atoms with Crippen LogP contribution in [-0.2, 0) is 11.2 Å². The number of nitro benzene ring substituents is 1. The van der Waals surface area contributed by atoms with Gasteiger partial charge in [0.1, 0.15) is 0 Å². The van der Waals surface area contributed by atoms with Crippen LogP contribution in [0.25, 0.3) is 0 Å². The molecule has 0 spiro atoms. The lowest BCUT2D eigenvalue weighted by molar-refractivity contribution is -0.385. The zero-order valence-corrected chi connectivity index (χ0v) is 12.3. The molecule has 0 fully saturated rings. The van der Waals surface area contributed by atoms with Crippen molar-refractivity contribution in [3.05, 3.63) is 39.9 Å². The van der Waals surface area contributed by atoms with E-state index in [0.717, 1.165) is 0 Å². The minimum Gasteiger partial charge on any atom is -0.481 e. The Kier molecular flexibility index (Phi) is 6.81. The fraction of sp³-hybridized carbons (Fsp3) is 0.429. The number of hydrogen-bond donors (Lipinski definition) is 2. The van der Waals surface area contributed by atoms with Gasteiger partial charge in [-0.15, -0.1) is 0 Å². The summed E-state index contributed by atoms with van der Waals surface area (Å²) in [6.45, 7) is 0.608. The van der Waals surface area contributed by atoms with Gasteiger partial charge in [-0.05, 0) is 12.8 Å². The average Bonchev–Trinajstić information content (AvgIpc) is 2.48. The summed E-state index contributed by atoms with van der Waals surface area (Å²) in [5.41, 5.74) is 0.607. The number of urea groups is 1. The maximum absolute atomic E-state index is 11.8. The second-order valence-electron chi connectivity index (χ2n) is 4.79. The molecule has 1 aromatic rings. The molecule has 120 valence electrons. The number of amides is 2. The van der Waals surface area contributed by atoms with Gasteiger partial charge in [-0.1, -0.05) is 18.2 Å². The number of rotatable bonds is 8. The molecule has 0 unspecified atom stereocenters. The van der Waals surface area contributed by atoms with Crippen LogP contribution in [0.2, 0.25) is 0 Å². The SMILES string of the molecule is CN(CCc1ccccc1[N+](=O)[O-])C(=O)NCCCC(=O)O. The largest absolute Gasteiger partial charge is 0.481 e. The fourth-order valence-electron chi connectivity index (χ4n) is 1.86. The number of carboxylic acids is 1. The van der Waals surface area contributed by atoms with Crippen molar-refractivity contribution in [1.82, 2.24) is 10.2 Å². The first-order chi connectivity index (χ1) is 10.4. The number of aliphatic carboxylic acids is 1. The standard InChI is InChI=1S/C14H19N3O5/c1-16(14(20)15-9-4-7-13(18)19)10-8-11-5-2-3-6-12(11)17(21)22/h2-3,5-6H,4,7-10H2,1H3,(H,15,20)(H,18,19). The van der Waals surface area contributed by atoms with Gasteiger partial charge in [-0.2, -0.15) is 0 Å². The van der Waals surface area contributed by atoms with Gasteiger partial charge in [-0.25, -0.2) is 4.79 Å². The van der Waals surface area contributed by atoms with Crippen molar-refractivity contribution in [2.24, 2.45) is 0 Å². The molecule has 0 bridgehead atoms.